The smallest absolute Gasteiger partial charge is 0.264 e. The Morgan fingerprint density at radius 2 is 1.87 bits per heavy atom. The van der Waals surface area contributed by atoms with Gasteiger partial charge in [0.1, 0.15) is 12.3 Å². The molecule has 5 nitrogen and oxygen atoms in total. The second-order valence-corrected chi connectivity index (χ2v) is 8.25. The molecule has 0 radical (unpaired) electrons. The lowest BCUT2D eigenvalue weighted by Gasteiger charge is -2.31. The lowest BCUT2D eigenvalue weighted by atomic mass is 10.1. The molecule has 1 aromatic carbocycles. The van der Waals surface area contributed by atoms with Gasteiger partial charge in [-0.15, -0.1) is 11.3 Å². The van der Waals surface area contributed by atoms with E-state index in [1.165, 1.54) is 16.9 Å². The fourth-order valence-electron chi connectivity index (χ4n) is 3.23. The lowest BCUT2D eigenvalue weighted by Crippen LogP contribution is -2.46. The van der Waals surface area contributed by atoms with Crippen molar-refractivity contribution < 1.29 is 14.0 Å². The minimum atomic E-state index is -0.0892. The van der Waals surface area contributed by atoms with Gasteiger partial charge in [-0.1, -0.05) is 43.3 Å². The van der Waals surface area contributed by atoms with Crippen molar-refractivity contribution in [1.29, 1.82) is 0 Å². The van der Waals surface area contributed by atoms with Gasteiger partial charge >= 0.3 is 0 Å². The van der Waals surface area contributed by atoms with Gasteiger partial charge in [-0.05, 0) is 48.9 Å². The van der Waals surface area contributed by atoms with E-state index in [2.05, 4.69) is 12.1 Å². The van der Waals surface area contributed by atoms with E-state index >= 15 is 0 Å². The minimum Gasteiger partial charge on any atom is -0.467 e. The molecule has 158 valence electrons. The van der Waals surface area contributed by atoms with Crippen LogP contribution < -0.4 is 0 Å². The second kappa shape index (κ2) is 10.8. The number of amides is 2. The average molecular weight is 425 g/mol. The van der Waals surface area contributed by atoms with E-state index in [0.29, 0.717) is 18.0 Å². The highest BCUT2D eigenvalue weighted by atomic mass is 32.1. The fourth-order valence-corrected chi connectivity index (χ4v) is 3.91. The van der Waals surface area contributed by atoms with Crippen LogP contribution in [0.25, 0.3) is 0 Å². The first kappa shape index (κ1) is 21.8. The summed E-state index contributed by atoms with van der Waals surface area (Å²) in [5.74, 6) is 0.567. The van der Waals surface area contributed by atoms with E-state index in [-0.39, 0.29) is 24.4 Å². The predicted octanol–water partition coefficient (Wildman–Crippen LogP) is 4.85. The molecule has 2 amide bonds. The predicted molar refractivity (Wildman–Crippen MR) is 119 cm³/mol. The van der Waals surface area contributed by atoms with E-state index in [1.807, 2.05) is 61.7 Å². The first-order chi connectivity index (χ1) is 14.6. The summed E-state index contributed by atoms with van der Waals surface area (Å²) in [7, 11) is 0. The van der Waals surface area contributed by atoms with Crippen molar-refractivity contribution in [2.45, 2.75) is 39.3 Å². The number of rotatable bonds is 10. The van der Waals surface area contributed by atoms with Gasteiger partial charge in [0.15, 0.2) is 0 Å². The third-order valence-electron chi connectivity index (χ3n) is 5.21. The molecule has 0 aliphatic carbocycles. The molecular weight excluding hydrogens is 396 g/mol. The van der Waals surface area contributed by atoms with E-state index < -0.39 is 0 Å². The monoisotopic (exact) mass is 424 g/mol. The summed E-state index contributed by atoms with van der Waals surface area (Å²) in [5, 5.41) is 1.88. The normalized spacial score (nSPS) is 11.8. The number of carbonyl (C=O) groups excluding carboxylic acids is 2. The highest BCUT2D eigenvalue weighted by Crippen LogP contribution is 2.17. The topological polar surface area (TPSA) is 53.8 Å². The summed E-state index contributed by atoms with van der Waals surface area (Å²) < 4.78 is 5.47. The number of hydrogen-bond donors (Lipinski definition) is 0. The third kappa shape index (κ3) is 5.83. The van der Waals surface area contributed by atoms with Gasteiger partial charge in [0, 0.05) is 12.6 Å². The number of hydrogen-bond acceptors (Lipinski definition) is 4. The molecule has 0 bridgehead atoms. The zero-order valence-corrected chi connectivity index (χ0v) is 18.3. The van der Waals surface area contributed by atoms with Gasteiger partial charge in [0.2, 0.25) is 5.91 Å². The van der Waals surface area contributed by atoms with Crippen LogP contribution in [0.2, 0.25) is 0 Å². The Morgan fingerprint density at radius 3 is 2.50 bits per heavy atom. The number of thiophene rings is 1. The van der Waals surface area contributed by atoms with Crippen LogP contribution in [-0.4, -0.2) is 40.7 Å². The number of carbonyl (C=O) groups is 2. The molecule has 6 heteroatoms. The SMILES string of the molecule is CC[C@H](C)N(CC(=O)N(CCc1ccccc1)Cc1ccco1)C(=O)c1cccs1. The highest BCUT2D eigenvalue weighted by molar-refractivity contribution is 7.12. The molecule has 0 fully saturated rings. The molecule has 0 N–H and O–H groups in total. The molecule has 0 saturated carbocycles. The summed E-state index contributed by atoms with van der Waals surface area (Å²) >= 11 is 1.40. The van der Waals surface area contributed by atoms with E-state index in [9.17, 15) is 9.59 Å². The van der Waals surface area contributed by atoms with E-state index in [1.54, 1.807) is 16.1 Å². The van der Waals surface area contributed by atoms with Crippen LogP contribution >= 0.6 is 11.3 Å². The second-order valence-electron chi connectivity index (χ2n) is 7.30. The number of benzene rings is 1. The van der Waals surface area contributed by atoms with Crippen molar-refractivity contribution >= 4 is 23.2 Å². The Morgan fingerprint density at radius 1 is 1.07 bits per heavy atom. The molecule has 0 saturated heterocycles. The summed E-state index contributed by atoms with van der Waals surface area (Å²) in [6, 6.07) is 17.4. The quantitative estimate of drug-likeness (QED) is 0.467. The zero-order valence-electron chi connectivity index (χ0n) is 17.5. The van der Waals surface area contributed by atoms with Gasteiger partial charge < -0.3 is 14.2 Å². The van der Waals surface area contributed by atoms with Crippen molar-refractivity contribution in [3.05, 3.63) is 82.4 Å². The fraction of sp³-hybridized carbons (Fsp3) is 0.333. The van der Waals surface area contributed by atoms with Crippen LogP contribution in [0.1, 0.15) is 41.3 Å². The van der Waals surface area contributed by atoms with Gasteiger partial charge in [-0.3, -0.25) is 9.59 Å². The standard InChI is InChI=1S/C24H28N2O3S/c1-3-19(2)26(24(28)22-12-8-16-30-22)18-23(27)25(17-21-11-7-15-29-21)14-13-20-9-5-4-6-10-20/h4-12,15-16,19H,3,13-14,17-18H2,1-2H3/t19-/m0/s1. The molecule has 3 aromatic rings. The summed E-state index contributed by atoms with van der Waals surface area (Å²) in [5.41, 5.74) is 1.17. The Balaban J connectivity index is 1.74. The summed E-state index contributed by atoms with van der Waals surface area (Å²) in [4.78, 5) is 30.4. The van der Waals surface area contributed by atoms with Crippen molar-refractivity contribution in [3.63, 3.8) is 0 Å². The lowest BCUT2D eigenvalue weighted by molar-refractivity contribution is -0.133. The van der Waals surface area contributed by atoms with E-state index in [4.69, 9.17) is 4.42 Å². The minimum absolute atomic E-state index is 0.0249. The van der Waals surface area contributed by atoms with Gasteiger partial charge in [0.05, 0.1) is 17.7 Å². The first-order valence-corrected chi connectivity index (χ1v) is 11.1. The third-order valence-corrected chi connectivity index (χ3v) is 6.07. The van der Waals surface area contributed by atoms with Crippen LogP contribution in [0.5, 0.6) is 0 Å². The maximum absolute atomic E-state index is 13.3. The maximum Gasteiger partial charge on any atom is 0.264 e. The van der Waals surface area contributed by atoms with Crippen LogP contribution in [-0.2, 0) is 17.8 Å². The Kier molecular flexibility index (Phi) is 7.85. The number of nitrogens with zero attached hydrogens (tertiary/aromatic N) is 2. The Bertz CT molecular complexity index is 907. The maximum atomic E-state index is 13.3. The van der Waals surface area contributed by atoms with E-state index in [0.717, 1.165) is 18.6 Å². The van der Waals surface area contributed by atoms with Gasteiger partial charge in [0.25, 0.3) is 5.91 Å². The summed E-state index contributed by atoms with van der Waals surface area (Å²) in [6.45, 7) is 5.02. The first-order valence-electron chi connectivity index (χ1n) is 10.3. The molecule has 0 aliphatic rings. The van der Waals surface area contributed by atoms with Crippen LogP contribution in [0, 0.1) is 0 Å². The van der Waals surface area contributed by atoms with Gasteiger partial charge in [-0.25, -0.2) is 0 Å². The zero-order chi connectivity index (χ0) is 21.3. The molecule has 0 spiro atoms. The molecule has 2 aromatic heterocycles. The largest absolute Gasteiger partial charge is 0.467 e. The van der Waals surface area contributed by atoms with Crippen molar-refractivity contribution in [1.82, 2.24) is 9.80 Å². The van der Waals surface area contributed by atoms with Crippen molar-refractivity contribution in [2.24, 2.45) is 0 Å². The number of furan rings is 1. The molecule has 0 unspecified atom stereocenters. The van der Waals surface area contributed by atoms with Crippen LogP contribution in [0.15, 0.2) is 70.7 Å². The van der Waals surface area contributed by atoms with Crippen LogP contribution in [0.4, 0.5) is 0 Å². The molecule has 30 heavy (non-hydrogen) atoms. The molecular formula is C24H28N2O3S. The molecule has 2 heterocycles. The van der Waals surface area contributed by atoms with Gasteiger partial charge in [-0.2, -0.15) is 0 Å². The Labute approximate surface area is 181 Å². The highest BCUT2D eigenvalue weighted by Gasteiger charge is 2.26. The molecule has 1 atom stereocenters. The molecule has 0 aliphatic heterocycles. The van der Waals surface area contributed by atoms with Crippen molar-refractivity contribution in [2.75, 3.05) is 13.1 Å². The average Bonchev–Trinajstić information content (AvgIpc) is 3.49. The van der Waals surface area contributed by atoms with Crippen LogP contribution in [0.3, 0.4) is 0 Å². The van der Waals surface area contributed by atoms with Crippen molar-refractivity contribution in [3.8, 4) is 0 Å². The summed E-state index contributed by atoms with van der Waals surface area (Å²) in [6.07, 6.45) is 3.14. The molecule has 3 rings (SSSR count). The Hall–Kier alpha value is -2.86.